The number of anilines is 3. The van der Waals surface area contributed by atoms with Gasteiger partial charge in [0.1, 0.15) is 5.75 Å². The Kier molecular flexibility index (Phi) is 4.12. The molecule has 2 aromatic rings. The van der Waals surface area contributed by atoms with E-state index in [4.69, 9.17) is 15.7 Å². The highest BCUT2D eigenvalue weighted by molar-refractivity contribution is 14.1. The van der Waals surface area contributed by atoms with Crippen molar-refractivity contribution in [2.75, 3.05) is 18.2 Å². The molecule has 0 radical (unpaired) electrons. The number of nitrogens with zero attached hydrogens (tertiary/aromatic N) is 1. The Morgan fingerprint density at radius 3 is 2.58 bits per heavy atom. The normalized spacial score (nSPS) is 9.74. The average molecular weight is 365 g/mol. The average Bonchev–Trinajstić information content (AvgIpc) is 2.42. The molecule has 0 aliphatic carbocycles. The molecule has 5 heteroatoms. The molecule has 0 unspecified atom stereocenters. The van der Waals surface area contributed by atoms with E-state index >= 15 is 0 Å². The highest BCUT2D eigenvalue weighted by atomic mass is 127. The molecule has 2 rings (SSSR count). The molecule has 0 aliphatic rings. The Labute approximate surface area is 125 Å². The maximum atomic E-state index is 8.87. The Bertz CT molecular complexity index is 650. The molecule has 19 heavy (non-hydrogen) atoms. The zero-order valence-electron chi connectivity index (χ0n) is 10.3. The monoisotopic (exact) mass is 365 g/mol. The van der Waals surface area contributed by atoms with Gasteiger partial charge in [0.2, 0.25) is 0 Å². The third-order valence-corrected chi connectivity index (χ3v) is 3.49. The third-order valence-electron chi connectivity index (χ3n) is 2.59. The summed E-state index contributed by atoms with van der Waals surface area (Å²) in [5.41, 5.74) is 8.76. The number of nitrogens with two attached hydrogens (primary N) is 1. The summed E-state index contributed by atoms with van der Waals surface area (Å²) in [7, 11) is 1.58. The van der Waals surface area contributed by atoms with Gasteiger partial charge in [-0.3, -0.25) is 0 Å². The van der Waals surface area contributed by atoms with Gasteiger partial charge >= 0.3 is 0 Å². The number of rotatable bonds is 3. The van der Waals surface area contributed by atoms with Crippen molar-refractivity contribution >= 4 is 39.7 Å². The first-order chi connectivity index (χ1) is 9.13. The molecule has 96 valence electrons. The Balaban J connectivity index is 2.35. The van der Waals surface area contributed by atoms with Crippen LogP contribution in [0.2, 0.25) is 0 Å². The predicted molar refractivity (Wildman–Crippen MR) is 84.6 cm³/mol. The minimum atomic E-state index is 0.564. The quantitative estimate of drug-likeness (QED) is 0.645. The zero-order valence-corrected chi connectivity index (χ0v) is 12.4. The number of nitriles is 1. The molecule has 0 amide bonds. The molecule has 3 N–H and O–H groups in total. The van der Waals surface area contributed by atoms with Crippen LogP contribution in [0.1, 0.15) is 5.56 Å². The minimum Gasteiger partial charge on any atom is -0.495 e. The Hall–Kier alpha value is -1.94. The Morgan fingerprint density at radius 1 is 1.21 bits per heavy atom. The molecule has 0 bridgehead atoms. The van der Waals surface area contributed by atoms with Crippen molar-refractivity contribution in [2.24, 2.45) is 0 Å². The Morgan fingerprint density at radius 2 is 1.95 bits per heavy atom. The van der Waals surface area contributed by atoms with Crippen LogP contribution < -0.4 is 15.8 Å². The van der Waals surface area contributed by atoms with E-state index in [2.05, 4.69) is 34.0 Å². The first-order valence-corrected chi connectivity index (χ1v) is 6.62. The molecule has 4 nitrogen and oxygen atoms in total. The molecule has 0 heterocycles. The van der Waals surface area contributed by atoms with Crippen LogP contribution in [0.15, 0.2) is 36.4 Å². The van der Waals surface area contributed by atoms with Crippen molar-refractivity contribution in [1.29, 1.82) is 5.26 Å². The number of methoxy groups -OCH3 is 1. The van der Waals surface area contributed by atoms with Crippen LogP contribution in [0.4, 0.5) is 17.1 Å². The van der Waals surface area contributed by atoms with Gasteiger partial charge in [-0.1, -0.05) is 0 Å². The minimum absolute atomic E-state index is 0.564. The summed E-state index contributed by atoms with van der Waals surface area (Å²) in [4.78, 5) is 0. The van der Waals surface area contributed by atoms with Crippen molar-refractivity contribution in [3.63, 3.8) is 0 Å². The number of ether oxygens (including phenoxy) is 1. The number of hydrogen-bond acceptors (Lipinski definition) is 4. The highest BCUT2D eigenvalue weighted by Gasteiger charge is 2.07. The van der Waals surface area contributed by atoms with E-state index < -0.39 is 0 Å². The molecule has 0 spiro atoms. The molecule has 0 aliphatic heterocycles. The second kappa shape index (κ2) is 5.80. The summed E-state index contributed by atoms with van der Waals surface area (Å²) in [5.74, 6) is 0.631. The number of hydrogen-bond donors (Lipinski definition) is 2. The molecule has 2 aromatic carbocycles. The number of benzene rings is 2. The largest absolute Gasteiger partial charge is 0.495 e. The molecular formula is C14H12IN3O. The summed E-state index contributed by atoms with van der Waals surface area (Å²) in [6, 6.07) is 13.0. The fourth-order valence-electron chi connectivity index (χ4n) is 1.64. The van der Waals surface area contributed by atoms with Gasteiger partial charge in [0.15, 0.2) is 0 Å². The van der Waals surface area contributed by atoms with Crippen LogP contribution in [-0.4, -0.2) is 7.11 Å². The zero-order chi connectivity index (χ0) is 13.8. The topological polar surface area (TPSA) is 71.1 Å². The molecular weight excluding hydrogens is 353 g/mol. The van der Waals surface area contributed by atoms with Crippen LogP contribution in [0.5, 0.6) is 5.75 Å². The van der Waals surface area contributed by atoms with Crippen LogP contribution >= 0.6 is 22.6 Å². The second-order valence-electron chi connectivity index (χ2n) is 3.89. The summed E-state index contributed by atoms with van der Waals surface area (Å²) < 4.78 is 6.30. The van der Waals surface area contributed by atoms with Gasteiger partial charge in [-0.05, 0) is 52.9 Å². The van der Waals surface area contributed by atoms with Crippen LogP contribution in [0, 0.1) is 14.9 Å². The van der Waals surface area contributed by atoms with Crippen molar-refractivity contribution < 1.29 is 4.74 Å². The van der Waals surface area contributed by atoms with Crippen LogP contribution in [-0.2, 0) is 0 Å². The smallest absolute Gasteiger partial charge is 0.143 e. The lowest BCUT2D eigenvalue weighted by Gasteiger charge is -2.13. The lowest BCUT2D eigenvalue weighted by molar-refractivity contribution is 0.416. The predicted octanol–water partition coefficient (Wildman–Crippen LogP) is 3.50. The van der Waals surface area contributed by atoms with E-state index in [0.717, 1.165) is 20.6 Å². The van der Waals surface area contributed by atoms with Gasteiger partial charge in [-0.25, -0.2) is 0 Å². The summed E-state index contributed by atoms with van der Waals surface area (Å²) >= 11 is 2.21. The van der Waals surface area contributed by atoms with Crippen molar-refractivity contribution in [2.45, 2.75) is 0 Å². The fraction of sp³-hybridized carbons (Fsp3) is 0.0714. The molecule has 0 aromatic heterocycles. The fourth-order valence-corrected chi connectivity index (χ4v) is 2.32. The maximum Gasteiger partial charge on any atom is 0.143 e. The standard InChI is InChI=1S/C14H12IN3O/c1-19-14-6-9(8-16)2-4-13(14)18-12-5-3-10(17)7-11(12)15/h2-7,18H,17H2,1H3. The van der Waals surface area contributed by atoms with E-state index in [0.29, 0.717) is 11.3 Å². The van der Waals surface area contributed by atoms with Crippen molar-refractivity contribution in [3.8, 4) is 11.8 Å². The second-order valence-corrected chi connectivity index (χ2v) is 5.05. The number of nitrogens with one attached hydrogen (secondary N) is 1. The van der Waals surface area contributed by atoms with Crippen molar-refractivity contribution in [3.05, 3.63) is 45.5 Å². The first-order valence-electron chi connectivity index (χ1n) is 5.54. The molecule has 0 saturated carbocycles. The van der Waals surface area contributed by atoms with Gasteiger partial charge < -0.3 is 15.8 Å². The molecule has 0 atom stereocenters. The highest BCUT2D eigenvalue weighted by Crippen LogP contribution is 2.31. The van der Waals surface area contributed by atoms with E-state index in [1.807, 2.05) is 24.3 Å². The molecule has 0 fully saturated rings. The van der Waals surface area contributed by atoms with E-state index in [-0.39, 0.29) is 0 Å². The first kappa shape index (κ1) is 13.5. The van der Waals surface area contributed by atoms with Crippen LogP contribution in [0.25, 0.3) is 0 Å². The third kappa shape index (κ3) is 3.09. The molecule has 0 saturated heterocycles. The number of nitrogen functional groups attached to an aromatic ring is 1. The van der Waals surface area contributed by atoms with Gasteiger partial charge in [-0.2, -0.15) is 5.26 Å². The maximum absolute atomic E-state index is 8.87. The van der Waals surface area contributed by atoms with Gasteiger partial charge in [-0.15, -0.1) is 0 Å². The summed E-state index contributed by atoms with van der Waals surface area (Å²) in [6.07, 6.45) is 0. The van der Waals surface area contributed by atoms with Crippen LogP contribution in [0.3, 0.4) is 0 Å². The number of halogens is 1. The van der Waals surface area contributed by atoms with Crippen molar-refractivity contribution in [1.82, 2.24) is 0 Å². The van der Waals surface area contributed by atoms with Gasteiger partial charge in [0, 0.05) is 15.3 Å². The van der Waals surface area contributed by atoms with E-state index in [9.17, 15) is 0 Å². The van der Waals surface area contributed by atoms with Gasteiger partial charge in [0.05, 0.1) is 30.1 Å². The summed E-state index contributed by atoms with van der Waals surface area (Å²) in [6.45, 7) is 0. The van der Waals surface area contributed by atoms with E-state index in [1.165, 1.54) is 0 Å². The summed E-state index contributed by atoms with van der Waals surface area (Å²) in [5, 5.41) is 12.1. The lowest BCUT2D eigenvalue weighted by Crippen LogP contribution is -1.97. The SMILES string of the molecule is COc1cc(C#N)ccc1Nc1ccc(N)cc1I. The van der Waals surface area contributed by atoms with E-state index in [1.54, 1.807) is 19.2 Å². The lowest BCUT2D eigenvalue weighted by atomic mass is 10.2. The van der Waals surface area contributed by atoms with Gasteiger partial charge in [0.25, 0.3) is 0 Å².